The van der Waals surface area contributed by atoms with Gasteiger partial charge in [0.05, 0.1) is 11.5 Å². The van der Waals surface area contributed by atoms with Crippen LogP contribution in [0.3, 0.4) is 0 Å². The first-order valence-electron chi connectivity index (χ1n) is 3.72. The third-order valence-corrected chi connectivity index (χ3v) is 2.67. The summed E-state index contributed by atoms with van der Waals surface area (Å²) in [7, 11) is -3.59. The summed E-state index contributed by atoms with van der Waals surface area (Å²) >= 11 is 0. The van der Waals surface area contributed by atoms with Crippen LogP contribution in [0, 0.1) is 41.7 Å². The van der Waals surface area contributed by atoms with Gasteiger partial charge in [-0.2, -0.15) is 8.42 Å². The second-order valence-electron chi connectivity index (χ2n) is 2.34. The minimum atomic E-state index is -3.59. The van der Waals surface area contributed by atoms with Crippen molar-refractivity contribution in [3.8, 4) is 0 Å². The summed E-state index contributed by atoms with van der Waals surface area (Å²) in [5, 5.41) is 0. The second kappa shape index (κ2) is 6.68. The van der Waals surface area contributed by atoms with Crippen molar-refractivity contribution in [1.82, 2.24) is 0 Å². The molecule has 1 rings (SSSR count). The van der Waals surface area contributed by atoms with E-state index in [1.807, 2.05) is 0 Å². The summed E-state index contributed by atoms with van der Waals surface area (Å²) in [6, 6.07) is 8.00. The molecule has 0 fully saturated rings. The fourth-order valence-corrected chi connectivity index (χ4v) is 1.69. The number of hydrogen-bond donors (Lipinski definition) is 0. The van der Waals surface area contributed by atoms with Crippen LogP contribution >= 0.6 is 0 Å². The molecule has 0 amide bonds. The molecule has 0 saturated carbocycles. The van der Waals surface area contributed by atoms with Crippen LogP contribution < -0.4 is 0 Å². The van der Waals surface area contributed by atoms with E-state index in [-0.39, 0.29) is 53.2 Å². The van der Waals surface area contributed by atoms with Gasteiger partial charge in [-0.1, -0.05) is 24.3 Å². The van der Waals surface area contributed by atoms with Crippen molar-refractivity contribution in [3.63, 3.8) is 0 Å². The molecule has 0 aliphatic heterocycles. The van der Waals surface area contributed by atoms with Crippen LogP contribution in [0.2, 0.25) is 0 Å². The van der Waals surface area contributed by atoms with E-state index < -0.39 is 10.1 Å². The third kappa shape index (κ3) is 4.18. The van der Waals surface area contributed by atoms with E-state index in [0.717, 1.165) is 0 Å². The van der Waals surface area contributed by atoms with Gasteiger partial charge in [-0.05, 0) is 12.1 Å². The summed E-state index contributed by atoms with van der Waals surface area (Å²) in [5.74, 6) is 0. The van der Waals surface area contributed by atoms with Gasteiger partial charge in [0.15, 0.2) is 0 Å². The Morgan fingerprint density at radius 3 is 2.36 bits per heavy atom. The van der Waals surface area contributed by atoms with Crippen LogP contribution in [0.25, 0.3) is 0 Å². The van der Waals surface area contributed by atoms with Gasteiger partial charge < -0.3 is 0 Å². The summed E-state index contributed by atoms with van der Waals surface area (Å²) < 4.78 is 27.3. The summed E-state index contributed by atoms with van der Waals surface area (Å²) in [6.45, 7) is 3.37. The maximum atomic E-state index is 11.3. The molecule has 14 heavy (non-hydrogen) atoms. The second-order valence-corrected chi connectivity index (χ2v) is 3.96. The fourth-order valence-electron chi connectivity index (χ4n) is 0.793. The number of hydrogen-bond acceptors (Lipinski definition) is 3. The molecule has 0 radical (unpaired) electrons. The Balaban J connectivity index is 0.00000169. The van der Waals surface area contributed by atoms with Crippen LogP contribution in [-0.4, -0.2) is 15.0 Å². The summed E-state index contributed by atoms with van der Waals surface area (Å²) in [4.78, 5) is 0.164. The first-order chi connectivity index (χ1) is 6.17. The standard InChI is InChI=1S/C9H10O3S.Ce/c1-2-8-12-13(10,11)9-6-4-3-5-7-9;/h2-7H,1,8H2;. The Bertz CT molecular complexity index is 372. The maximum Gasteiger partial charge on any atom is 0.297 e. The molecule has 1 aromatic carbocycles. The van der Waals surface area contributed by atoms with E-state index >= 15 is 0 Å². The van der Waals surface area contributed by atoms with Gasteiger partial charge in [0, 0.05) is 41.7 Å². The van der Waals surface area contributed by atoms with Crippen molar-refractivity contribution in [2.45, 2.75) is 4.90 Å². The Morgan fingerprint density at radius 2 is 1.86 bits per heavy atom. The van der Waals surface area contributed by atoms with Gasteiger partial charge in [0.25, 0.3) is 10.1 Å². The largest absolute Gasteiger partial charge is 0.297 e. The maximum absolute atomic E-state index is 11.3. The van der Waals surface area contributed by atoms with Crippen molar-refractivity contribution in [3.05, 3.63) is 43.0 Å². The van der Waals surface area contributed by atoms with Gasteiger partial charge >= 0.3 is 0 Å². The third-order valence-electron chi connectivity index (χ3n) is 1.37. The molecular formula is C9H10CeO3S. The van der Waals surface area contributed by atoms with Crippen LogP contribution in [0.1, 0.15) is 0 Å². The van der Waals surface area contributed by atoms with Gasteiger partial charge in [-0.3, -0.25) is 4.18 Å². The van der Waals surface area contributed by atoms with Crippen molar-refractivity contribution in [1.29, 1.82) is 0 Å². The van der Waals surface area contributed by atoms with E-state index in [9.17, 15) is 8.42 Å². The van der Waals surface area contributed by atoms with E-state index in [1.165, 1.54) is 18.2 Å². The van der Waals surface area contributed by atoms with E-state index in [4.69, 9.17) is 0 Å². The molecule has 74 valence electrons. The minimum Gasteiger partial charge on any atom is -0.262 e. The molecule has 0 heterocycles. The van der Waals surface area contributed by atoms with Gasteiger partial charge in [-0.15, -0.1) is 6.58 Å². The quantitative estimate of drug-likeness (QED) is 0.618. The molecule has 3 nitrogen and oxygen atoms in total. The number of benzene rings is 1. The predicted octanol–water partition coefficient (Wildman–Crippen LogP) is 1.58. The van der Waals surface area contributed by atoms with Crippen LogP contribution in [0.5, 0.6) is 0 Å². The molecular weight excluding hydrogens is 328 g/mol. The predicted molar refractivity (Wildman–Crippen MR) is 49.8 cm³/mol. The monoisotopic (exact) mass is 338 g/mol. The Kier molecular flexibility index (Phi) is 6.80. The van der Waals surface area contributed by atoms with Crippen molar-refractivity contribution in [2.24, 2.45) is 0 Å². The first kappa shape index (κ1) is 14.2. The Labute approximate surface area is 118 Å². The van der Waals surface area contributed by atoms with Crippen LogP contribution in [0.15, 0.2) is 47.9 Å². The Morgan fingerprint density at radius 1 is 1.29 bits per heavy atom. The smallest absolute Gasteiger partial charge is 0.262 e. The average molecular weight is 338 g/mol. The van der Waals surface area contributed by atoms with Crippen molar-refractivity contribution >= 4 is 10.1 Å². The van der Waals surface area contributed by atoms with Gasteiger partial charge in [0.2, 0.25) is 0 Å². The molecule has 5 heteroatoms. The van der Waals surface area contributed by atoms with E-state index in [2.05, 4.69) is 10.8 Å². The first-order valence-corrected chi connectivity index (χ1v) is 5.13. The molecule has 0 aliphatic carbocycles. The zero-order valence-corrected chi connectivity index (χ0v) is 11.5. The molecule has 0 N–H and O–H groups in total. The van der Waals surface area contributed by atoms with E-state index in [1.54, 1.807) is 18.2 Å². The van der Waals surface area contributed by atoms with Crippen molar-refractivity contribution in [2.75, 3.05) is 6.61 Å². The molecule has 0 atom stereocenters. The normalized spacial score (nSPS) is 10.3. The molecule has 0 unspecified atom stereocenters. The van der Waals surface area contributed by atoms with Crippen LogP contribution in [-0.2, 0) is 14.3 Å². The average Bonchev–Trinajstić information content (AvgIpc) is 2.16. The Hall–Kier alpha value is 0.247. The SMILES string of the molecule is C=CCOS(=O)(=O)c1ccccc1.[Ce]. The number of rotatable bonds is 4. The van der Waals surface area contributed by atoms with Crippen LogP contribution in [0.4, 0.5) is 0 Å². The zero-order chi connectivity index (χ0) is 9.73. The summed E-state index contributed by atoms with van der Waals surface area (Å²) in [6.07, 6.45) is 1.39. The summed E-state index contributed by atoms with van der Waals surface area (Å²) in [5.41, 5.74) is 0. The molecule has 0 bridgehead atoms. The van der Waals surface area contributed by atoms with E-state index in [0.29, 0.717) is 0 Å². The topological polar surface area (TPSA) is 43.4 Å². The van der Waals surface area contributed by atoms with Crippen molar-refractivity contribution < 1.29 is 54.3 Å². The molecule has 0 aromatic heterocycles. The molecule has 0 aliphatic rings. The molecule has 1 aromatic rings. The van der Waals surface area contributed by atoms with Gasteiger partial charge in [-0.25, -0.2) is 0 Å². The molecule has 0 saturated heterocycles. The fraction of sp³-hybridized carbons (Fsp3) is 0.111. The zero-order valence-electron chi connectivity index (χ0n) is 7.51. The molecule has 0 spiro atoms. The minimum absolute atomic E-state index is 0. The van der Waals surface area contributed by atoms with Gasteiger partial charge in [0.1, 0.15) is 0 Å².